The van der Waals surface area contributed by atoms with E-state index in [9.17, 15) is 19.3 Å². The summed E-state index contributed by atoms with van der Waals surface area (Å²) in [7, 11) is 1.46. The van der Waals surface area contributed by atoms with Crippen LogP contribution in [-0.4, -0.2) is 36.6 Å². The van der Waals surface area contributed by atoms with Crippen molar-refractivity contribution < 1.29 is 14.1 Å². The quantitative estimate of drug-likeness (QED) is 0.474. The number of nitrogens with one attached hydrogen (secondary N) is 1. The molecule has 0 fully saturated rings. The van der Waals surface area contributed by atoms with Gasteiger partial charge in [-0.1, -0.05) is 6.92 Å². The van der Waals surface area contributed by atoms with E-state index in [1.54, 1.807) is 13.8 Å². The summed E-state index contributed by atoms with van der Waals surface area (Å²) in [6.45, 7) is 3.39. The molecular weight excluding hydrogens is 321 g/mol. The maximum atomic E-state index is 13.7. The Morgan fingerprint density at radius 2 is 2.33 bits per heavy atom. The average Bonchev–Trinajstić information content (AvgIpc) is 3.07. The molecule has 0 saturated carbocycles. The number of nitro groups is 1. The van der Waals surface area contributed by atoms with Gasteiger partial charge in [-0.3, -0.25) is 19.6 Å². The number of amides is 1. The first-order valence-corrected chi connectivity index (χ1v) is 6.98. The molecule has 1 atom stereocenters. The van der Waals surface area contributed by atoms with E-state index in [2.05, 4.69) is 20.7 Å². The van der Waals surface area contributed by atoms with Crippen molar-refractivity contribution in [1.82, 2.24) is 25.0 Å². The molecule has 0 bridgehead atoms. The number of halogens is 1. The van der Waals surface area contributed by atoms with Gasteiger partial charge in [-0.05, 0) is 6.92 Å². The number of nitrogens with zero attached hydrogens (tertiary/aromatic N) is 6. The fourth-order valence-corrected chi connectivity index (χ4v) is 1.97. The number of rotatable bonds is 6. The van der Waals surface area contributed by atoms with Gasteiger partial charge in [0, 0.05) is 7.05 Å². The van der Waals surface area contributed by atoms with Gasteiger partial charge in [-0.15, -0.1) is 0 Å². The van der Waals surface area contributed by atoms with Gasteiger partial charge in [0.15, 0.2) is 0 Å². The molecule has 0 aliphatic rings. The Morgan fingerprint density at radius 1 is 1.62 bits per heavy atom. The molecule has 10 nitrogen and oxygen atoms in total. The predicted octanol–water partition coefficient (Wildman–Crippen LogP) is 0.759. The van der Waals surface area contributed by atoms with Gasteiger partial charge >= 0.3 is 5.69 Å². The van der Waals surface area contributed by atoms with Crippen molar-refractivity contribution in [3.63, 3.8) is 0 Å². The zero-order valence-corrected chi connectivity index (χ0v) is 13.3. The lowest BCUT2D eigenvalue weighted by atomic mass is 10.2. The molecule has 2 heterocycles. The molecular formula is C13H16FN7O3. The number of hydrogen-bond donors (Lipinski definition) is 1. The lowest BCUT2D eigenvalue weighted by Crippen LogP contribution is -2.28. The maximum Gasteiger partial charge on any atom is 0.306 e. The summed E-state index contributed by atoms with van der Waals surface area (Å²) in [5.74, 6) is -1.52. The van der Waals surface area contributed by atoms with Gasteiger partial charge in [-0.2, -0.15) is 19.7 Å². The Kier molecular flexibility index (Phi) is 5.02. The van der Waals surface area contributed by atoms with Crippen LogP contribution < -0.4 is 5.43 Å². The van der Waals surface area contributed by atoms with Crippen LogP contribution in [0.1, 0.15) is 18.2 Å². The predicted molar refractivity (Wildman–Crippen MR) is 81.7 cm³/mol. The average molecular weight is 337 g/mol. The first-order valence-electron chi connectivity index (χ1n) is 6.98. The number of carbonyl (C=O) groups is 1. The van der Waals surface area contributed by atoms with Crippen LogP contribution in [-0.2, 0) is 18.4 Å². The second kappa shape index (κ2) is 6.98. The minimum absolute atomic E-state index is 0.148. The summed E-state index contributed by atoms with van der Waals surface area (Å²) < 4.78 is 16.1. The van der Waals surface area contributed by atoms with Crippen molar-refractivity contribution in [3.8, 4) is 0 Å². The van der Waals surface area contributed by atoms with Crippen LogP contribution in [0.3, 0.4) is 0 Å². The fourth-order valence-electron chi connectivity index (χ4n) is 1.97. The molecule has 0 aliphatic heterocycles. The number of aryl methyl sites for hydroxylation is 2. The van der Waals surface area contributed by atoms with E-state index in [1.807, 2.05) is 0 Å². The summed E-state index contributed by atoms with van der Waals surface area (Å²) >= 11 is 0. The largest absolute Gasteiger partial charge is 0.306 e. The van der Waals surface area contributed by atoms with E-state index in [0.717, 1.165) is 10.9 Å². The number of hydrogen-bond acceptors (Lipinski definition) is 6. The van der Waals surface area contributed by atoms with E-state index in [4.69, 9.17) is 0 Å². The van der Waals surface area contributed by atoms with Crippen LogP contribution in [0.15, 0.2) is 17.5 Å². The smallest absolute Gasteiger partial charge is 0.273 e. The normalized spacial score (nSPS) is 12.5. The second-order valence-corrected chi connectivity index (χ2v) is 5.23. The molecule has 0 saturated heterocycles. The third kappa shape index (κ3) is 3.80. The van der Waals surface area contributed by atoms with Gasteiger partial charge in [0.2, 0.25) is 11.9 Å². The molecule has 0 radical (unpaired) electrons. The van der Waals surface area contributed by atoms with Crippen LogP contribution in [0.2, 0.25) is 0 Å². The van der Waals surface area contributed by atoms with Crippen molar-refractivity contribution in [2.45, 2.75) is 20.4 Å². The summed E-state index contributed by atoms with van der Waals surface area (Å²) in [5.41, 5.74) is 2.78. The molecule has 2 rings (SSSR count). The van der Waals surface area contributed by atoms with Crippen LogP contribution in [0, 0.1) is 28.9 Å². The molecule has 1 unspecified atom stereocenters. The molecule has 11 heteroatoms. The van der Waals surface area contributed by atoms with Gasteiger partial charge in [-0.25, -0.2) is 10.1 Å². The summed E-state index contributed by atoms with van der Waals surface area (Å²) in [6, 6.07) is 0. The zero-order chi connectivity index (χ0) is 17.9. The van der Waals surface area contributed by atoms with Gasteiger partial charge < -0.3 is 0 Å². The number of hydrazone groups is 1. The van der Waals surface area contributed by atoms with Crippen molar-refractivity contribution in [2.24, 2.45) is 18.1 Å². The molecule has 0 aromatic carbocycles. The van der Waals surface area contributed by atoms with Crippen LogP contribution in [0.4, 0.5) is 10.1 Å². The second-order valence-electron chi connectivity index (χ2n) is 5.23. The fraction of sp³-hybridized carbons (Fsp3) is 0.385. The highest BCUT2D eigenvalue weighted by Gasteiger charge is 2.16. The van der Waals surface area contributed by atoms with Crippen molar-refractivity contribution in [2.75, 3.05) is 0 Å². The van der Waals surface area contributed by atoms with E-state index in [1.165, 1.54) is 24.1 Å². The topological polar surface area (TPSA) is 120 Å². The molecule has 24 heavy (non-hydrogen) atoms. The van der Waals surface area contributed by atoms with Crippen molar-refractivity contribution in [3.05, 3.63) is 39.7 Å². The molecule has 128 valence electrons. The Balaban J connectivity index is 1.93. The van der Waals surface area contributed by atoms with Crippen LogP contribution >= 0.6 is 0 Å². The van der Waals surface area contributed by atoms with E-state index >= 15 is 0 Å². The van der Waals surface area contributed by atoms with E-state index in [-0.39, 0.29) is 17.8 Å². The molecule has 1 amide bonds. The summed E-state index contributed by atoms with van der Waals surface area (Å²) in [6.07, 6.45) is 3.53. The summed E-state index contributed by atoms with van der Waals surface area (Å²) in [4.78, 5) is 22.0. The summed E-state index contributed by atoms with van der Waals surface area (Å²) in [5, 5.41) is 22.0. The third-order valence-electron chi connectivity index (χ3n) is 3.30. The van der Waals surface area contributed by atoms with E-state index < -0.39 is 22.7 Å². The first-order chi connectivity index (χ1) is 11.3. The Labute approximate surface area is 136 Å². The zero-order valence-electron chi connectivity index (χ0n) is 13.3. The minimum atomic E-state index is -0.566. The van der Waals surface area contributed by atoms with Crippen LogP contribution in [0.25, 0.3) is 0 Å². The third-order valence-corrected chi connectivity index (χ3v) is 3.30. The highest BCUT2D eigenvalue weighted by atomic mass is 19.1. The number of aromatic nitrogens is 4. The minimum Gasteiger partial charge on any atom is -0.273 e. The Hall–Kier alpha value is -3.11. The first kappa shape index (κ1) is 17.2. The molecule has 2 aromatic heterocycles. The lowest BCUT2D eigenvalue weighted by Gasteiger charge is -2.08. The van der Waals surface area contributed by atoms with Crippen LogP contribution in [0.5, 0.6) is 0 Å². The molecule has 1 N–H and O–H groups in total. The standard InChI is InChI=1S/C13H16FN7O3/c1-8(6-20-7-10(4-16-20)21(23)24)13(22)17-15-5-11-9(2)18-19(3)12(11)14/h4-5,7-8H,6H2,1-3H3,(H,17,22)/b15-5+. The highest BCUT2D eigenvalue weighted by molar-refractivity contribution is 5.84. The van der Waals surface area contributed by atoms with Crippen molar-refractivity contribution >= 4 is 17.8 Å². The van der Waals surface area contributed by atoms with Gasteiger partial charge in [0.1, 0.15) is 12.4 Å². The van der Waals surface area contributed by atoms with Gasteiger partial charge in [0.25, 0.3) is 0 Å². The lowest BCUT2D eigenvalue weighted by molar-refractivity contribution is -0.385. The van der Waals surface area contributed by atoms with Gasteiger partial charge in [0.05, 0.1) is 34.9 Å². The molecule has 0 aliphatic carbocycles. The number of carbonyl (C=O) groups excluding carboxylic acids is 1. The molecule has 0 spiro atoms. The SMILES string of the molecule is Cc1nn(C)c(F)c1/C=N/NC(=O)C(C)Cn1cc([N+](=O)[O-])cn1. The van der Waals surface area contributed by atoms with E-state index in [0.29, 0.717) is 5.69 Å². The highest BCUT2D eigenvalue weighted by Crippen LogP contribution is 2.10. The Bertz CT molecular complexity index is 796. The Morgan fingerprint density at radius 3 is 2.88 bits per heavy atom. The van der Waals surface area contributed by atoms with Crippen molar-refractivity contribution in [1.29, 1.82) is 0 Å². The molecule has 2 aromatic rings. The maximum absolute atomic E-state index is 13.7. The monoisotopic (exact) mass is 337 g/mol.